The molecule has 3 rings (SSSR count). The summed E-state index contributed by atoms with van der Waals surface area (Å²) in [6, 6.07) is 9.44. The van der Waals surface area contributed by atoms with Crippen LogP contribution in [-0.4, -0.2) is 21.7 Å². The molecule has 2 aromatic heterocycles. The van der Waals surface area contributed by atoms with Crippen molar-refractivity contribution in [3.05, 3.63) is 53.5 Å². The second-order valence-corrected chi connectivity index (χ2v) is 5.95. The molecular weight excluding hydrogens is 312 g/mol. The highest BCUT2D eigenvalue weighted by Gasteiger charge is 2.15. The molecule has 118 valence electrons. The molecule has 0 atom stereocenters. The third kappa shape index (κ3) is 3.53. The van der Waals surface area contributed by atoms with E-state index in [0.29, 0.717) is 16.7 Å². The van der Waals surface area contributed by atoms with Gasteiger partial charge in [0.05, 0.1) is 17.6 Å². The molecule has 0 radical (unpaired) electrons. The Morgan fingerprint density at radius 1 is 1.17 bits per heavy atom. The molecule has 0 aliphatic rings. The SMILES string of the molecule is CCc1ccc(C(=O)CSc2nnc(-c3ccoc3C)o2)cc1. The maximum absolute atomic E-state index is 12.2. The normalized spacial score (nSPS) is 10.9. The van der Waals surface area contributed by atoms with Crippen LogP contribution in [0.3, 0.4) is 0 Å². The van der Waals surface area contributed by atoms with Crippen molar-refractivity contribution >= 4 is 17.5 Å². The molecule has 1 aromatic carbocycles. The molecule has 0 saturated heterocycles. The fourth-order valence-corrected chi connectivity index (χ4v) is 2.78. The Morgan fingerprint density at radius 2 is 1.96 bits per heavy atom. The summed E-state index contributed by atoms with van der Waals surface area (Å²) < 4.78 is 10.8. The van der Waals surface area contributed by atoms with Crippen molar-refractivity contribution in [3.8, 4) is 11.5 Å². The molecule has 0 amide bonds. The van der Waals surface area contributed by atoms with Gasteiger partial charge < -0.3 is 8.83 Å². The number of nitrogens with zero attached hydrogens (tertiary/aromatic N) is 2. The predicted octanol–water partition coefficient (Wildman–Crippen LogP) is 4.18. The number of carbonyl (C=O) groups excluding carboxylic acids is 1. The Morgan fingerprint density at radius 3 is 2.61 bits per heavy atom. The molecule has 5 nitrogen and oxygen atoms in total. The van der Waals surface area contributed by atoms with Crippen LogP contribution in [0.15, 0.2) is 50.7 Å². The first-order valence-corrected chi connectivity index (χ1v) is 8.29. The van der Waals surface area contributed by atoms with Crippen molar-refractivity contribution in [2.75, 3.05) is 5.75 Å². The number of carbonyl (C=O) groups is 1. The Balaban J connectivity index is 1.63. The first-order valence-electron chi connectivity index (χ1n) is 7.30. The summed E-state index contributed by atoms with van der Waals surface area (Å²) in [6.45, 7) is 3.91. The summed E-state index contributed by atoms with van der Waals surface area (Å²) in [5, 5.41) is 8.32. The third-order valence-electron chi connectivity index (χ3n) is 3.51. The van der Waals surface area contributed by atoms with E-state index in [1.54, 1.807) is 12.3 Å². The summed E-state index contributed by atoms with van der Waals surface area (Å²) in [5.41, 5.74) is 2.68. The lowest BCUT2D eigenvalue weighted by Crippen LogP contribution is -2.02. The molecule has 0 saturated carbocycles. The Hall–Kier alpha value is -2.34. The summed E-state index contributed by atoms with van der Waals surface area (Å²) in [6.07, 6.45) is 2.53. The van der Waals surface area contributed by atoms with E-state index in [9.17, 15) is 4.79 Å². The zero-order valence-electron chi connectivity index (χ0n) is 12.9. The van der Waals surface area contributed by atoms with Gasteiger partial charge in [-0.3, -0.25) is 4.79 Å². The fraction of sp³-hybridized carbons (Fsp3) is 0.235. The number of rotatable bonds is 6. The van der Waals surface area contributed by atoms with Gasteiger partial charge in [0.25, 0.3) is 11.1 Å². The highest BCUT2D eigenvalue weighted by molar-refractivity contribution is 7.99. The van der Waals surface area contributed by atoms with Crippen LogP contribution in [-0.2, 0) is 6.42 Å². The van der Waals surface area contributed by atoms with Crippen LogP contribution in [0.25, 0.3) is 11.5 Å². The number of furan rings is 1. The lowest BCUT2D eigenvalue weighted by atomic mass is 10.1. The minimum Gasteiger partial charge on any atom is -0.469 e. The van der Waals surface area contributed by atoms with E-state index in [-0.39, 0.29) is 11.5 Å². The van der Waals surface area contributed by atoms with Crippen LogP contribution in [0.1, 0.15) is 28.6 Å². The number of hydrogen-bond acceptors (Lipinski definition) is 6. The first kappa shape index (κ1) is 15.6. The van der Waals surface area contributed by atoms with Crippen molar-refractivity contribution in [3.63, 3.8) is 0 Å². The number of ketones is 1. The van der Waals surface area contributed by atoms with E-state index in [0.717, 1.165) is 17.7 Å². The van der Waals surface area contributed by atoms with Crippen molar-refractivity contribution in [1.82, 2.24) is 10.2 Å². The van der Waals surface area contributed by atoms with Gasteiger partial charge in [-0.1, -0.05) is 43.0 Å². The van der Waals surface area contributed by atoms with Gasteiger partial charge in [-0.25, -0.2) is 0 Å². The fourth-order valence-electron chi connectivity index (χ4n) is 2.12. The molecule has 0 unspecified atom stereocenters. The molecular formula is C17H16N2O3S. The first-order chi connectivity index (χ1) is 11.2. The maximum Gasteiger partial charge on any atom is 0.277 e. The molecule has 0 N–H and O–H groups in total. The second kappa shape index (κ2) is 6.83. The van der Waals surface area contributed by atoms with Crippen molar-refractivity contribution in [2.45, 2.75) is 25.5 Å². The van der Waals surface area contributed by atoms with Crippen LogP contribution in [0.2, 0.25) is 0 Å². The van der Waals surface area contributed by atoms with Crippen LogP contribution in [0.4, 0.5) is 0 Å². The van der Waals surface area contributed by atoms with Gasteiger partial charge in [0, 0.05) is 5.56 Å². The molecule has 6 heteroatoms. The standard InChI is InChI=1S/C17H16N2O3S/c1-3-12-4-6-13(7-5-12)15(20)10-23-17-19-18-16(22-17)14-8-9-21-11(14)2/h4-9H,3,10H2,1-2H3. The summed E-state index contributed by atoms with van der Waals surface area (Å²) in [5.74, 6) is 1.42. The Kier molecular flexibility index (Phi) is 4.62. The van der Waals surface area contributed by atoms with Crippen LogP contribution in [0.5, 0.6) is 0 Å². The van der Waals surface area contributed by atoms with Gasteiger partial charge in [0.1, 0.15) is 5.76 Å². The Labute approximate surface area is 138 Å². The van der Waals surface area contributed by atoms with E-state index in [2.05, 4.69) is 17.1 Å². The quantitative estimate of drug-likeness (QED) is 0.499. The monoisotopic (exact) mass is 328 g/mol. The topological polar surface area (TPSA) is 69.1 Å². The van der Waals surface area contributed by atoms with Gasteiger partial charge in [-0.05, 0) is 25.0 Å². The molecule has 0 fully saturated rings. The average Bonchev–Trinajstić information content (AvgIpc) is 3.21. The number of aromatic nitrogens is 2. The maximum atomic E-state index is 12.2. The number of Topliss-reactive ketones (excluding diaryl/α,β-unsaturated/α-hetero) is 1. The Bertz CT molecular complexity index is 805. The van der Waals surface area contributed by atoms with Crippen LogP contribution in [0, 0.1) is 6.92 Å². The third-order valence-corrected chi connectivity index (χ3v) is 4.33. The van der Waals surface area contributed by atoms with E-state index in [1.807, 2.05) is 31.2 Å². The molecule has 2 heterocycles. The molecule has 0 aliphatic carbocycles. The lowest BCUT2D eigenvalue weighted by Gasteiger charge is -2.00. The van der Waals surface area contributed by atoms with Crippen LogP contribution < -0.4 is 0 Å². The van der Waals surface area contributed by atoms with E-state index in [4.69, 9.17) is 8.83 Å². The zero-order valence-corrected chi connectivity index (χ0v) is 13.7. The molecule has 0 spiro atoms. The van der Waals surface area contributed by atoms with E-state index < -0.39 is 0 Å². The average molecular weight is 328 g/mol. The van der Waals surface area contributed by atoms with Gasteiger partial charge in [-0.2, -0.15) is 0 Å². The van der Waals surface area contributed by atoms with Crippen molar-refractivity contribution in [1.29, 1.82) is 0 Å². The van der Waals surface area contributed by atoms with Gasteiger partial charge in [-0.15, -0.1) is 10.2 Å². The summed E-state index contributed by atoms with van der Waals surface area (Å²) in [4.78, 5) is 12.2. The van der Waals surface area contributed by atoms with Crippen molar-refractivity contribution in [2.24, 2.45) is 0 Å². The minimum absolute atomic E-state index is 0.0388. The smallest absolute Gasteiger partial charge is 0.277 e. The molecule has 23 heavy (non-hydrogen) atoms. The molecule has 3 aromatic rings. The van der Waals surface area contributed by atoms with Gasteiger partial charge >= 0.3 is 0 Å². The second-order valence-electron chi connectivity index (χ2n) is 5.03. The number of hydrogen-bond donors (Lipinski definition) is 0. The number of thioether (sulfide) groups is 1. The number of aryl methyl sites for hydroxylation is 2. The van der Waals surface area contributed by atoms with E-state index >= 15 is 0 Å². The van der Waals surface area contributed by atoms with Gasteiger partial charge in [0.2, 0.25) is 0 Å². The summed E-state index contributed by atoms with van der Waals surface area (Å²) >= 11 is 1.24. The minimum atomic E-state index is 0.0388. The lowest BCUT2D eigenvalue weighted by molar-refractivity contribution is 0.102. The van der Waals surface area contributed by atoms with Crippen LogP contribution >= 0.6 is 11.8 Å². The molecule has 0 bridgehead atoms. The highest BCUT2D eigenvalue weighted by Crippen LogP contribution is 2.26. The molecule has 0 aliphatic heterocycles. The van der Waals surface area contributed by atoms with Gasteiger partial charge in [0.15, 0.2) is 5.78 Å². The number of benzene rings is 1. The highest BCUT2D eigenvalue weighted by atomic mass is 32.2. The summed E-state index contributed by atoms with van der Waals surface area (Å²) in [7, 11) is 0. The predicted molar refractivity (Wildman–Crippen MR) is 87.6 cm³/mol. The van der Waals surface area contributed by atoms with Crippen molar-refractivity contribution < 1.29 is 13.6 Å². The zero-order chi connectivity index (χ0) is 16.2. The largest absolute Gasteiger partial charge is 0.469 e. The van der Waals surface area contributed by atoms with E-state index in [1.165, 1.54) is 17.3 Å².